The Bertz CT molecular complexity index is 2650. The van der Waals surface area contributed by atoms with E-state index in [-0.39, 0.29) is 37.9 Å². The van der Waals surface area contributed by atoms with Crippen LogP contribution in [0.4, 0.5) is 0 Å². The van der Waals surface area contributed by atoms with Gasteiger partial charge in [0.2, 0.25) is 0 Å². The summed E-state index contributed by atoms with van der Waals surface area (Å²) < 4.78 is 37.6. The standard InChI is InChI=1S/C52H46O8/c1-34-30-39-32-37-12-4-8-16-43(37)51(49(39)53)59-28-24-55-22-26-57-45-20-18-35-10-2-6-14-41(35)47(45)48-42-15-7-3-11-36(42)19-21-46(48)58-27-23-56-25-29-60-52-44-17-9-5-13-38(44)33-40(31-34)50(52)54/h2-21,32-33,53-54H,1,22-31H2. The Hall–Kier alpha value is -6.74. The van der Waals surface area contributed by atoms with Gasteiger partial charge in [-0.2, -0.15) is 0 Å². The molecule has 0 unspecified atom stereocenters. The van der Waals surface area contributed by atoms with Crippen LogP contribution in [0.1, 0.15) is 11.1 Å². The van der Waals surface area contributed by atoms with Crippen molar-refractivity contribution >= 4 is 43.1 Å². The zero-order valence-corrected chi connectivity index (χ0v) is 33.3. The van der Waals surface area contributed by atoms with E-state index < -0.39 is 0 Å². The number of ether oxygens (including phenoxy) is 6. The maximum Gasteiger partial charge on any atom is 0.169 e. The number of phenols is 2. The highest BCUT2D eigenvalue weighted by molar-refractivity contribution is 6.09. The molecule has 0 fully saturated rings. The predicted octanol–water partition coefficient (Wildman–Crippen LogP) is 11.0. The minimum Gasteiger partial charge on any atom is -0.504 e. The molecule has 60 heavy (non-hydrogen) atoms. The second-order valence-corrected chi connectivity index (χ2v) is 14.9. The third-order valence-electron chi connectivity index (χ3n) is 10.9. The van der Waals surface area contributed by atoms with Crippen LogP contribution in [0.25, 0.3) is 54.2 Å². The third kappa shape index (κ3) is 8.00. The molecule has 1 heterocycles. The summed E-state index contributed by atoms with van der Waals surface area (Å²) in [4.78, 5) is 0. The largest absolute Gasteiger partial charge is 0.504 e. The molecule has 1 aliphatic heterocycles. The van der Waals surface area contributed by atoms with Gasteiger partial charge in [0.1, 0.15) is 37.9 Å². The Morgan fingerprint density at radius 2 is 0.750 bits per heavy atom. The van der Waals surface area contributed by atoms with Crippen LogP contribution in [0.2, 0.25) is 0 Å². The minimum atomic E-state index is 0.0583. The topological polar surface area (TPSA) is 95.8 Å². The zero-order chi connectivity index (χ0) is 40.8. The summed E-state index contributed by atoms with van der Waals surface area (Å²) in [6, 6.07) is 44.3. The molecule has 0 amide bonds. The average Bonchev–Trinajstić information content (AvgIpc) is 3.27. The van der Waals surface area contributed by atoms with Crippen LogP contribution in [-0.4, -0.2) is 63.1 Å². The van der Waals surface area contributed by atoms with Crippen LogP contribution < -0.4 is 18.9 Å². The Labute approximate surface area is 348 Å². The highest BCUT2D eigenvalue weighted by Crippen LogP contribution is 2.46. The van der Waals surface area contributed by atoms with Gasteiger partial charge >= 0.3 is 0 Å². The zero-order valence-electron chi connectivity index (χ0n) is 33.3. The third-order valence-corrected chi connectivity index (χ3v) is 10.9. The maximum atomic E-state index is 11.6. The van der Waals surface area contributed by atoms with E-state index in [2.05, 4.69) is 43.0 Å². The molecule has 0 atom stereocenters. The average molecular weight is 799 g/mol. The first-order valence-corrected chi connectivity index (χ1v) is 20.4. The Kier molecular flexibility index (Phi) is 11.4. The van der Waals surface area contributed by atoms with Crippen LogP contribution in [0, 0.1) is 0 Å². The molecule has 8 nitrogen and oxygen atoms in total. The highest BCUT2D eigenvalue weighted by Gasteiger charge is 2.21. The van der Waals surface area contributed by atoms with Crippen molar-refractivity contribution in [3.63, 3.8) is 0 Å². The van der Waals surface area contributed by atoms with Gasteiger partial charge in [-0.25, -0.2) is 0 Å². The molecule has 0 radical (unpaired) electrons. The lowest BCUT2D eigenvalue weighted by atomic mass is 9.92. The van der Waals surface area contributed by atoms with Gasteiger partial charge in [-0.3, -0.25) is 0 Å². The molecule has 0 saturated carbocycles. The van der Waals surface area contributed by atoms with E-state index >= 15 is 0 Å². The summed E-state index contributed by atoms with van der Waals surface area (Å²) in [6.07, 6.45) is 0.741. The van der Waals surface area contributed by atoms with Crippen LogP contribution in [0.3, 0.4) is 0 Å². The summed E-state index contributed by atoms with van der Waals surface area (Å²) in [7, 11) is 0. The molecule has 4 bridgehead atoms. The van der Waals surface area contributed by atoms with Gasteiger partial charge in [0.15, 0.2) is 23.0 Å². The van der Waals surface area contributed by atoms with E-state index in [4.69, 9.17) is 28.4 Å². The first-order valence-electron chi connectivity index (χ1n) is 20.4. The summed E-state index contributed by atoms with van der Waals surface area (Å²) in [5, 5.41) is 31.0. The monoisotopic (exact) mass is 798 g/mol. The van der Waals surface area contributed by atoms with Gasteiger partial charge in [0, 0.05) is 33.0 Å². The smallest absolute Gasteiger partial charge is 0.169 e. The molecule has 0 aliphatic carbocycles. The molecule has 8 aromatic rings. The van der Waals surface area contributed by atoms with Crippen molar-refractivity contribution in [2.24, 2.45) is 0 Å². The van der Waals surface area contributed by atoms with E-state index in [1.54, 1.807) is 0 Å². The number of rotatable bonds is 0. The molecular weight excluding hydrogens is 753 g/mol. The molecule has 0 saturated heterocycles. The number of allylic oxidation sites excluding steroid dienone is 1. The normalized spacial score (nSPS) is 14.9. The Morgan fingerprint density at radius 1 is 0.383 bits per heavy atom. The maximum absolute atomic E-state index is 11.6. The van der Waals surface area contributed by atoms with Crippen LogP contribution in [0.5, 0.6) is 34.5 Å². The van der Waals surface area contributed by atoms with Gasteiger partial charge in [0.25, 0.3) is 0 Å². The second-order valence-electron chi connectivity index (χ2n) is 14.9. The fraction of sp³-hybridized carbons (Fsp3) is 0.192. The predicted molar refractivity (Wildman–Crippen MR) is 238 cm³/mol. The van der Waals surface area contributed by atoms with E-state index in [0.29, 0.717) is 61.9 Å². The molecule has 302 valence electrons. The van der Waals surface area contributed by atoms with Gasteiger partial charge in [-0.05, 0) is 69.4 Å². The molecule has 9 rings (SSSR count). The summed E-state index contributed by atoms with van der Waals surface area (Å²) in [5.74, 6) is 2.35. The van der Waals surface area contributed by atoms with Crippen LogP contribution in [-0.2, 0) is 22.3 Å². The molecule has 8 aromatic carbocycles. The van der Waals surface area contributed by atoms with Crippen molar-refractivity contribution in [3.05, 3.63) is 157 Å². The highest BCUT2D eigenvalue weighted by atomic mass is 16.6. The number of hydrogen-bond acceptors (Lipinski definition) is 8. The Morgan fingerprint density at radius 3 is 1.18 bits per heavy atom. The van der Waals surface area contributed by atoms with Crippen molar-refractivity contribution in [2.45, 2.75) is 12.8 Å². The summed E-state index contributed by atoms with van der Waals surface area (Å²) in [5.41, 5.74) is 4.04. The van der Waals surface area contributed by atoms with Gasteiger partial charge in [-0.15, -0.1) is 0 Å². The van der Waals surface area contributed by atoms with Gasteiger partial charge < -0.3 is 38.6 Å². The fourth-order valence-electron chi connectivity index (χ4n) is 8.17. The number of hydrogen-bond donors (Lipinski definition) is 2. The quantitative estimate of drug-likeness (QED) is 0.146. The molecule has 1 aliphatic rings. The van der Waals surface area contributed by atoms with E-state index in [9.17, 15) is 10.2 Å². The van der Waals surface area contributed by atoms with Crippen LogP contribution in [0.15, 0.2) is 146 Å². The first-order chi connectivity index (χ1) is 29.5. The number of fused-ring (bicyclic) bond motifs is 15. The number of benzene rings is 8. The van der Waals surface area contributed by atoms with Gasteiger partial charge in [-0.1, -0.05) is 121 Å². The van der Waals surface area contributed by atoms with Crippen molar-refractivity contribution in [2.75, 3.05) is 52.9 Å². The Balaban J connectivity index is 1.05. The molecule has 8 heteroatoms. The molecule has 0 aromatic heterocycles. The molecule has 2 N–H and O–H groups in total. The summed E-state index contributed by atoms with van der Waals surface area (Å²) >= 11 is 0. The van der Waals surface area contributed by atoms with Crippen molar-refractivity contribution in [1.82, 2.24) is 0 Å². The van der Waals surface area contributed by atoms with Crippen molar-refractivity contribution in [3.8, 4) is 45.6 Å². The van der Waals surface area contributed by atoms with Gasteiger partial charge in [0.05, 0.1) is 26.4 Å². The lowest BCUT2D eigenvalue weighted by molar-refractivity contribution is 0.0759. The van der Waals surface area contributed by atoms with Crippen LogP contribution >= 0.6 is 0 Å². The number of phenolic OH excluding ortho intramolecular Hbond substituents is 2. The SMILES string of the molecule is C=C1Cc2cc3ccccc3c(c2O)OCCOCCOc2ccc3ccccc3c2-c2c(ccc3ccccc23)OCCOCCOc2c(O)c(cc3ccccc23)C1. The van der Waals surface area contributed by atoms with Crippen molar-refractivity contribution < 1.29 is 38.6 Å². The lowest BCUT2D eigenvalue weighted by Gasteiger charge is -2.20. The summed E-state index contributed by atoms with van der Waals surface area (Å²) in [6.45, 7) is 6.64. The van der Waals surface area contributed by atoms with E-state index in [1.165, 1.54) is 0 Å². The fourth-order valence-corrected chi connectivity index (χ4v) is 8.17. The minimum absolute atomic E-state index is 0.0583. The lowest BCUT2D eigenvalue weighted by Crippen LogP contribution is -2.13. The molecular formula is C52H46O8. The first kappa shape index (κ1) is 38.8. The number of aromatic hydroxyl groups is 2. The molecule has 0 spiro atoms. The van der Waals surface area contributed by atoms with E-state index in [0.717, 1.165) is 71.3 Å². The van der Waals surface area contributed by atoms with Crippen molar-refractivity contribution in [1.29, 1.82) is 0 Å². The van der Waals surface area contributed by atoms with E-state index in [1.807, 2.05) is 97.1 Å². The second kappa shape index (κ2) is 17.6.